The van der Waals surface area contributed by atoms with Crippen LogP contribution in [0.15, 0.2) is 36.4 Å². The lowest BCUT2D eigenvalue weighted by atomic mass is 9.87. The Morgan fingerprint density at radius 2 is 1.36 bits per heavy atom. The molecule has 1 aliphatic heterocycles. The number of hydrogen-bond acceptors (Lipinski definition) is 2. The molecule has 2 unspecified atom stereocenters. The molecule has 3 aromatic rings. The molecule has 0 aromatic heterocycles. The molecular formula is C28H26F6O2. The van der Waals surface area contributed by atoms with Crippen LogP contribution in [0.2, 0.25) is 0 Å². The fourth-order valence-corrected chi connectivity index (χ4v) is 4.65. The molecule has 36 heavy (non-hydrogen) atoms. The first-order valence-corrected chi connectivity index (χ1v) is 12.0. The summed E-state index contributed by atoms with van der Waals surface area (Å²) in [6.45, 7) is 3.55. The van der Waals surface area contributed by atoms with E-state index in [9.17, 15) is 22.0 Å². The van der Waals surface area contributed by atoms with Gasteiger partial charge in [-0.1, -0.05) is 37.6 Å². The molecule has 0 radical (unpaired) electrons. The van der Waals surface area contributed by atoms with E-state index in [1.54, 1.807) is 13.0 Å². The van der Waals surface area contributed by atoms with Gasteiger partial charge in [-0.3, -0.25) is 0 Å². The van der Waals surface area contributed by atoms with Crippen LogP contribution in [0.25, 0.3) is 11.1 Å². The molecule has 3 aromatic carbocycles. The van der Waals surface area contributed by atoms with E-state index in [2.05, 4.69) is 0 Å². The second-order valence-electron chi connectivity index (χ2n) is 8.79. The number of rotatable bonds is 7. The summed E-state index contributed by atoms with van der Waals surface area (Å²) in [5.41, 5.74) is -0.431. The van der Waals surface area contributed by atoms with Crippen LogP contribution in [0.1, 0.15) is 61.8 Å². The largest absolute Gasteiger partial charge is 0.491 e. The van der Waals surface area contributed by atoms with Crippen molar-refractivity contribution in [3.8, 4) is 16.9 Å². The Morgan fingerprint density at radius 3 is 2.00 bits per heavy atom. The maximum absolute atomic E-state index is 15.0. The fraction of sp³-hybridized carbons (Fsp3) is 0.357. The zero-order valence-corrected chi connectivity index (χ0v) is 19.9. The Kier molecular flexibility index (Phi) is 7.93. The van der Waals surface area contributed by atoms with E-state index in [0.29, 0.717) is 24.8 Å². The first kappa shape index (κ1) is 26.1. The number of hydrogen-bond donors (Lipinski definition) is 0. The van der Waals surface area contributed by atoms with E-state index in [4.69, 9.17) is 9.47 Å². The van der Waals surface area contributed by atoms with Gasteiger partial charge in [0.1, 0.15) is 0 Å². The molecule has 192 valence electrons. The highest BCUT2D eigenvalue weighted by atomic mass is 19.2. The Labute approximate surface area is 205 Å². The Bertz CT molecular complexity index is 1250. The van der Waals surface area contributed by atoms with E-state index in [-0.39, 0.29) is 36.5 Å². The van der Waals surface area contributed by atoms with Crippen molar-refractivity contribution in [1.82, 2.24) is 0 Å². The molecule has 1 fully saturated rings. The summed E-state index contributed by atoms with van der Waals surface area (Å²) in [5.74, 6) is -7.81. The minimum Gasteiger partial charge on any atom is -0.491 e. The van der Waals surface area contributed by atoms with Crippen molar-refractivity contribution < 1.29 is 35.8 Å². The van der Waals surface area contributed by atoms with E-state index < -0.39 is 58.1 Å². The third-order valence-electron chi connectivity index (χ3n) is 6.52. The molecule has 0 saturated carbocycles. The molecule has 1 heterocycles. The Hall–Kier alpha value is -3.00. The van der Waals surface area contributed by atoms with Crippen LogP contribution in [0.4, 0.5) is 26.3 Å². The highest BCUT2D eigenvalue weighted by Crippen LogP contribution is 2.40. The lowest BCUT2D eigenvalue weighted by Gasteiger charge is -2.30. The summed E-state index contributed by atoms with van der Waals surface area (Å²) in [6.07, 6.45) is 1.00. The van der Waals surface area contributed by atoms with Crippen molar-refractivity contribution in [1.29, 1.82) is 0 Å². The molecule has 1 saturated heterocycles. The number of benzene rings is 3. The number of halogens is 6. The van der Waals surface area contributed by atoms with Gasteiger partial charge in [0.15, 0.2) is 34.8 Å². The predicted octanol–water partition coefficient (Wildman–Crippen LogP) is 8.17. The molecule has 0 spiro atoms. The summed E-state index contributed by atoms with van der Waals surface area (Å²) in [4.78, 5) is 0. The molecule has 2 atom stereocenters. The highest BCUT2D eigenvalue weighted by Gasteiger charge is 2.30. The molecule has 4 rings (SSSR count). The molecule has 8 heteroatoms. The highest BCUT2D eigenvalue weighted by molar-refractivity contribution is 5.66. The van der Waals surface area contributed by atoms with Gasteiger partial charge in [0.05, 0.1) is 19.3 Å². The van der Waals surface area contributed by atoms with Crippen LogP contribution in [-0.2, 0) is 11.2 Å². The van der Waals surface area contributed by atoms with Crippen LogP contribution in [-0.4, -0.2) is 13.2 Å². The lowest BCUT2D eigenvalue weighted by molar-refractivity contribution is -0.000669. The third kappa shape index (κ3) is 4.83. The minimum absolute atomic E-state index is 0.0199. The van der Waals surface area contributed by atoms with Gasteiger partial charge < -0.3 is 9.47 Å². The van der Waals surface area contributed by atoms with Gasteiger partial charge in [0.2, 0.25) is 5.82 Å². The van der Waals surface area contributed by atoms with Gasteiger partial charge in [-0.05, 0) is 49.4 Å². The minimum atomic E-state index is -1.34. The summed E-state index contributed by atoms with van der Waals surface area (Å²) < 4.78 is 98.5. The smallest absolute Gasteiger partial charge is 0.201 e. The van der Waals surface area contributed by atoms with Gasteiger partial charge in [-0.2, -0.15) is 4.39 Å². The monoisotopic (exact) mass is 508 g/mol. The van der Waals surface area contributed by atoms with Crippen LogP contribution < -0.4 is 4.74 Å². The summed E-state index contributed by atoms with van der Waals surface area (Å²) in [6, 6.07) is 7.86. The summed E-state index contributed by atoms with van der Waals surface area (Å²) >= 11 is 0. The maximum atomic E-state index is 15.0. The van der Waals surface area contributed by atoms with Gasteiger partial charge in [0.25, 0.3) is 0 Å². The normalized spacial score (nSPS) is 17.9. The molecule has 0 amide bonds. The van der Waals surface area contributed by atoms with Crippen molar-refractivity contribution in [2.45, 2.75) is 51.6 Å². The van der Waals surface area contributed by atoms with Gasteiger partial charge in [0, 0.05) is 22.6 Å². The van der Waals surface area contributed by atoms with E-state index in [0.717, 1.165) is 12.1 Å². The average Bonchev–Trinajstić information content (AvgIpc) is 2.88. The molecular weight excluding hydrogens is 482 g/mol. The van der Waals surface area contributed by atoms with E-state index in [1.807, 2.05) is 6.92 Å². The van der Waals surface area contributed by atoms with Crippen molar-refractivity contribution in [2.24, 2.45) is 0 Å². The quantitative estimate of drug-likeness (QED) is 0.300. The molecule has 0 N–H and O–H groups in total. The Balaban J connectivity index is 1.53. The topological polar surface area (TPSA) is 18.5 Å². The molecule has 0 aliphatic carbocycles. The zero-order valence-electron chi connectivity index (χ0n) is 19.9. The van der Waals surface area contributed by atoms with Crippen molar-refractivity contribution >= 4 is 0 Å². The molecule has 2 nitrogen and oxygen atoms in total. The van der Waals surface area contributed by atoms with E-state index >= 15 is 4.39 Å². The lowest BCUT2D eigenvalue weighted by Crippen LogP contribution is -2.21. The number of ether oxygens (including phenoxy) is 2. The van der Waals surface area contributed by atoms with Crippen molar-refractivity contribution in [3.05, 3.63) is 88.0 Å². The molecule has 0 bridgehead atoms. The van der Waals surface area contributed by atoms with Crippen LogP contribution in [0, 0.1) is 34.9 Å². The van der Waals surface area contributed by atoms with Gasteiger partial charge in [-0.25, -0.2) is 22.0 Å². The SMILES string of the molecule is CCCc1ccc(C2CCC(c3ccc(-c4ccc(OCC)c(F)c4F)c(F)c3F)CO2)c(F)c1F. The predicted molar refractivity (Wildman–Crippen MR) is 124 cm³/mol. The summed E-state index contributed by atoms with van der Waals surface area (Å²) in [7, 11) is 0. The third-order valence-corrected chi connectivity index (χ3v) is 6.52. The first-order valence-electron chi connectivity index (χ1n) is 12.0. The average molecular weight is 509 g/mol. The second kappa shape index (κ2) is 10.9. The van der Waals surface area contributed by atoms with Crippen molar-refractivity contribution in [3.63, 3.8) is 0 Å². The van der Waals surface area contributed by atoms with Crippen molar-refractivity contribution in [2.75, 3.05) is 13.2 Å². The Morgan fingerprint density at radius 1 is 0.722 bits per heavy atom. The number of aryl methyl sites for hydroxylation is 1. The maximum Gasteiger partial charge on any atom is 0.201 e. The fourth-order valence-electron chi connectivity index (χ4n) is 4.65. The van der Waals surface area contributed by atoms with Gasteiger partial charge in [-0.15, -0.1) is 0 Å². The standard InChI is InChI=1S/C28H26F6O2/c1-3-5-15-6-8-20(27(33)23(15)29)21-12-7-16(14-36-21)17-9-10-18(25(31)24(17)30)19-11-13-22(35-4-2)28(34)26(19)32/h6,8-11,13,16,21H,3-5,7,12,14H2,1-2H3. The van der Waals surface area contributed by atoms with E-state index in [1.165, 1.54) is 18.2 Å². The second-order valence-corrected chi connectivity index (χ2v) is 8.79. The van der Waals surface area contributed by atoms with Crippen LogP contribution in [0.3, 0.4) is 0 Å². The zero-order chi connectivity index (χ0) is 26.0. The first-order chi connectivity index (χ1) is 17.3. The van der Waals surface area contributed by atoms with Gasteiger partial charge >= 0.3 is 0 Å². The molecule has 1 aliphatic rings. The van der Waals surface area contributed by atoms with Crippen LogP contribution >= 0.6 is 0 Å². The van der Waals surface area contributed by atoms with Crippen LogP contribution in [0.5, 0.6) is 5.75 Å². The summed E-state index contributed by atoms with van der Waals surface area (Å²) in [5, 5.41) is 0.